The maximum Gasteiger partial charge on any atom is 0.373 e. The third-order valence-corrected chi connectivity index (χ3v) is 2.88. The van der Waals surface area contributed by atoms with Crippen molar-refractivity contribution in [2.45, 2.75) is 0 Å². The normalized spacial score (nSPS) is 14.4. The van der Waals surface area contributed by atoms with Gasteiger partial charge in [-0.1, -0.05) is 0 Å². The Morgan fingerprint density at radius 3 is 2.14 bits per heavy atom. The average Bonchev–Trinajstić information content (AvgIpc) is 2.85. The predicted molar refractivity (Wildman–Crippen MR) is 75.1 cm³/mol. The summed E-state index contributed by atoms with van der Waals surface area (Å²) in [5.74, 6) is -3.39. The number of imide groups is 1. The van der Waals surface area contributed by atoms with Crippen molar-refractivity contribution >= 4 is 29.3 Å². The van der Waals surface area contributed by atoms with Crippen LogP contribution >= 0.6 is 0 Å². The average molecular weight is 301 g/mol. The number of carbonyl (C=O) groups is 4. The summed E-state index contributed by atoms with van der Waals surface area (Å²) in [5.41, 5.74) is 0.490. The zero-order chi connectivity index (χ0) is 16.3. The Kier molecular flexibility index (Phi) is 4.17. The molecule has 0 saturated carbocycles. The van der Waals surface area contributed by atoms with E-state index >= 15 is 0 Å². The van der Waals surface area contributed by atoms with Gasteiger partial charge in [0.1, 0.15) is 0 Å². The molecular formula is C15H11NO6. The largest absolute Gasteiger partial charge is 0.502 e. The highest BCUT2D eigenvalue weighted by Gasteiger charge is 2.25. The van der Waals surface area contributed by atoms with Crippen LogP contribution in [0.4, 0.5) is 5.69 Å². The number of aliphatic hydroxyl groups excluding tert-OH is 1. The number of aliphatic hydroxyl groups is 1. The van der Waals surface area contributed by atoms with Crippen molar-refractivity contribution in [3.05, 3.63) is 53.8 Å². The van der Waals surface area contributed by atoms with Gasteiger partial charge in [-0.25, -0.2) is 9.69 Å². The number of anilines is 1. The summed E-state index contributed by atoms with van der Waals surface area (Å²) in [6.07, 6.45) is 3.03. The second-order valence-corrected chi connectivity index (χ2v) is 4.28. The number of benzene rings is 1. The molecule has 0 saturated heterocycles. The quantitative estimate of drug-likeness (QED) is 0.292. The van der Waals surface area contributed by atoms with Crippen LogP contribution in [-0.4, -0.2) is 35.8 Å². The van der Waals surface area contributed by atoms with Crippen LogP contribution in [0.25, 0.3) is 0 Å². The first-order chi connectivity index (χ1) is 10.4. The number of amides is 2. The van der Waals surface area contributed by atoms with Crippen LogP contribution in [0.5, 0.6) is 0 Å². The van der Waals surface area contributed by atoms with Crippen LogP contribution in [0, 0.1) is 0 Å². The van der Waals surface area contributed by atoms with Crippen LogP contribution < -0.4 is 4.90 Å². The Morgan fingerprint density at radius 2 is 1.64 bits per heavy atom. The van der Waals surface area contributed by atoms with Gasteiger partial charge in [-0.05, 0) is 24.3 Å². The maximum atomic E-state index is 11.8. The number of ketones is 1. The Labute approximate surface area is 125 Å². The lowest BCUT2D eigenvalue weighted by atomic mass is 10.1. The van der Waals surface area contributed by atoms with E-state index in [1.54, 1.807) is 0 Å². The molecule has 0 aromatic heterocycles. The molecule has 0 atom stereocenters. The molecule has 1 N–H and O–H groups in total. The first kappa shape index (κ1) is 15.2. The van der Waals surface area contributed by atoms with Crippen molar-refractivity contribution < 1.29 is 29.0 Å². The van der Waals surface area contributed by atoms with Gasteiger partial charge in [0.25, 0.3) is 11.8 Å². The van der Waals surface area contributed by atoms with E-state index in [0.717, 1.165) is 30.2 Å². The van der Waals surface area contributed by atoms with Crippen LogP contribution in [0.15, 0.2) is 48.3 Å². The minimum absolute atomic E-state index is 0.172. The molecule has 112 valence electrons. The lowest BCUT2D eigenvalue weighted by Gasteiger charge is -2.13. The van der Waals surface area contributed by atoms with E-state index in [-0.39, 0.29) is 5.56 Å². The molecule has 0 spiro atoms. The number of hydrogen-bond acceptors (Lipinski definition) is 6. The molecule has 7 heteroatoms. The van der Waals surface area contributed by atoms with Gasteiger partial charge >= 0.3 is 5.97 Å². The van der Waals surface area contributed by atoms with Gasteiger partial charge < -0.3 is 9.84 Å². The molecule has 0 bridgehead atoms. The van der Waals surface area contributed by atoms with Gasteiger partial charge in [0.15, 0.2) is 5.78 Å². The fourth-order valence-corrected chi connectivity index (χ4v) is 1.80. The van der Waals surface area contributed by atoms with E-state index in [2.05, 4.69) is 4.74 Å². The zero-order valence-corrected chi connectivity index (χ0v) is 11.5. The fraction of sp³-hybridized carbons (Fsp3) is 0.0667. The molecule has 2 rings (SSSR count). The summed E-state index contributed by atoms with van der Waals surface area (Å²) in [6.45, 7) is 0. The molecule has 7 nitrogen and oxygen atoms in total. The third-order valence-electron chi connectivity index (χ3n) is 2.88. The van der Waals surface area contributed by atoms with Crippen LogP contribution in [0.1, 0.15) is 10.4 Å². The van der Waals surface area contributed by atoms with Crippen LogP contribution in [0.3, 0.4) is 0 Å². The minimum atomic E-state index is -1.02. The number of esters is 1. The highest BCUT2D eigenvalue weighted by molar-refractivity contribution is 6.28. The van der Waals surface area contributed by atoms with Crippen molar-refractivity contribution in [1.29, 1.82) is 0 Å². The van der Waals surface area contributed by atoms with Crippen molar-refractivity contribution in [3.63, 3.8) is 0 Å². The maximum absolute atomic E-state index is 11.8. The van der Waals surface area contributed by atoms with E-state index in [4.69, 9.17) is 0 Å². The Bertz CT molecular complexity index is 696. The summed E-state index contributed by atoms with van der Waals surface area (Å²) >= 11 is 0. The monoisotopic (exact) mass is 301 g/mol. The summed E-state index contributed by atoms with van der Waals surface area (Å²) in [5, 5.41) is 9.31. The van der Waals surface area contributed by atoms with Crippen molar-refractivity contribution in [3.8, 4) is 0 Å². The molecule has 0 radical (unpaired) electrons. The van der Waals surface area contributed by atoms with Crippen molar-refractivity contribution in [2.24, 2.45) is 0 Å². The number of nitrogens with zero attached hydrogens (tertiary/aromatic N) is 1. The topological polar surface area (TPSA) is 101 Å². The van der Waals surface area contributed by atoms with E-state index in [9.17, 15) is 24.3 Å². The highest BCUT2D eigenvalue weighted by atomic mass is 16.5. The standard InChI is InChI=1S/C15H11NO6/c1-22-15(21)12(18)8-11(17)9-2-4-10(5-3-9)16-13(19)6-7-14(16)20/h2-8,18H,1H3/b12-8-. The smallest absolute Gasteiger partial charge is 0.373 e. The van der Waals surface area contributed by atoms with E-state index in [1.165, 1.54) is 24.3 Å². The van der Waals surface area contributed by atoms with Gasteiger partial charge in [0.05, 0.1) is 12.8 Å². The number of carbonyl (C=O) groups excluding carboxylic acids is 4. The van der Waals surface area contributed by atoms with Crippen LogP contribution in [0.2, 0.25) is 0 Å². The lowest BCUT2D eigenvalue weighted by molar-refractivity contribution is -0.139. The zero-order valence-electron chi connectivity index (χ0n) is 11.5. The molecule has 1 aliphatic rings. The molecular weight excluding hydrogens is 290 g/mol. The number of hydrogen-bond donors (Lipinski definition) is 1. The predicted octanol–water partition coefficient (Wildman–Crippen LogP) is 0.914. The summed E-state index contributed by atoms with van der Waals surface area (Å²) in [7, 11) is 1.07. The number of rotatable bonds is 4. The van der Waals surface area contributed by atoms with Crippen molar-refractivity contribution in [1.82, 2.24) is 0 Å². The van der Waals surface area contributed by atoms with Gasteiger partial charge in [0, 0.05) is 23.8 Å². The first-order valence-corrected chi connectivity index (χ1v) is 6.13. The van der Waals surface area contributed by atoms with Crippen molar-refractivity contribution in [2.75, 3.05) is 12.0 Å². The molecule has 1 heterocycles. The van der Waals surface area contributed by atoms with Gasteiger partial charge in [-0.15, -0.1) is 0 Å². The molecule has 22 heavy (non-hydrogen) atoms. The number of allylic oxidation sites excluding steroid dienone is 1. The summed E-state index contributed by atoms with van der Waals surface area (Å²) < 4.78 is 4.26. The SMILES string of the molecule is COC(=O)/C(O)=C/C(=O)c1ccc(N2C(=O)C=CC2=O)cc1. The Balaban J connectivity index is 2.19. The van der Waals surface area contributed by atoms with Gasteiger partial charge in [-0.2, -0.15) is 0 Å². The number of ether oxygens (including phenoxy) is 1. The Morgan fingerprint density at radius 1 is 1.09 bits per heavy atom. The van der Waals surface area contributed by atoms with E-state index in [1.807, 2.05) is 0 Å². The number of methoxy groups -OCH3 is 1. The molecule has 0 fully saturated rings. The highest BCUT2D eigenvalue weighted by Crippen LogP contribution is 2.19. The second kappa shape index (κ2) is 6.04. The van der Waals surface area contributed by atoms with E-state index in [0.29, 0.717) is 5.69 Å². The molecule has 0 aliphatic carbocycles. The summed E-state index contributed by atoms with van der Waals surface area (Å²) in [6, 6.07) is 5.58. The lowest BCUT2D eigenvalue weighted by Crippen LogP contribution is -2.29. The molecule has 0 unspecified atom stereocenters. The van der Waals surface area contributed by atoms with Crippen LogP contribution in [-0.2, 0) is 19.1 Å². The molecule has 1 aromatic rings. The summed E-state index contributed by atoms with van der Waals surface area (Å²) in [4.78, 5) is 46.8. The first-order valence-electron chi connectivity index (χ1n) is 6.13. The van der Waals surface area contributed by atoms with Gasteiger partial charge in [-0.3, -0.25) is 14.4 Å². The second-order valence-electron chi connectivity index (χ2n) is 4.28. The Hall–Kier alpha value is -3.22. The van der Waals surface area contributed by atoms with Gasteiger partial charge in [0.2, 0.25) is 5.76 Å². The van der Waals surface area contributed by atoms with E-state index < -0.39 is 29.3 Å². The molecule has 2 amide bonds. The molecule has 1 aliphatic heterocycles. The molecule has 1 aromatic carbocycles. The third kappa shape index (κ3) is 2.93. The minimum Gasteiger partial charge on any atom is -0.502 e. The fourth-order valence-electron chi connectivity index (χ4n) is 1.80.